The van der Waals surface area contributed by atoms with Crippen molar-refractivity contribution in [1.82, 2.24) is 21.3 Å². The van der Waals surface area contributed by atoms with E-state index in [1.54, 1.807) is 13.8 Å². The van der Waals surface area contributed by atoms with Crippen molar-refractivity contribution in [2.24, 2.45) is 16.4 Å². The number of nitrogens with zero attached hydrogens (tertiary/aromatic N) is 3. The summed E-state index contributed by atoms with van der Waals surface area (Å²) in [5.74, 6) is -1.35. The second-order valence-electron chi connectivity index (χ2n) is 9.29. The van der Waals surface area contributed by atoms with Gasteiger partial charge in [0, 0.05) is 31.0 Å². The molecule has 0 bridgehead atoms. The zero-order chi connectivity index (χ0) is 25.4. The van der Waals surface area contributed by atoms with Crippen molar-refractivity contribution < 1.29 is 23.9 Å². The van der Waals surface area contributed by atoms with E-state index in [-0.39, 0.29) is 43.4 Å². The summed E-state index contributed by atoms with van der Waals surface area (Å²) in [6, 6.07) is -1.61. The van der Waals surface area contributed by atoms with Crippen molar-refractivity contribution in [2.75, 3.05) is 26.2 Å². The number of azide groups is 1. The first kappa shape index (κ1) is 30.0. The minimum atomic E-state index is -0.827. The van der Waals surface area contributed by atoms with Gasteiger partial charge < -0.3 is 26.0 Å². The SMILES string of the molecule is CC(C)[C@H](NC(=O)CCCCN=[N+]=[N-])C(=O)N[C@@H](C)C(=O)NCCNC(=O)OCC(C)(C)C. The highest BCUT2D eigenvalue weighted by molar-refractivity contribution is 5.92. The number of hydrogen-bond acceptors (Lipinski definition) is 6. The Morgan fingerprint density at radius 1 is 0.970 bits per heavy atom. The van der Waals surface area contributed by atoms with Crippen LogP contribution in [0.2, 0.25) is 0 Å². The molecule has 33 heavy (non-hydrogen) atoms. The van der Waals surface area contributed by atoms with Gasteiger partial charge in [-0.2, -0.15) is 0 Å². The van der Waals surface area contributed by atoms with Crippen LogP contribution in [0, 0.1) is 11.3 Å². The van der Waals surface area contributed by atoms with Gasteiger partial charge in [0.15, 0.2) is 0 Å². The van der Waals surface area contributed by atoms with E-state index in [2.05, 4.69) is 31.3 Å². The third-order valence-corrected chi connectivity index (χ3v) is 4.32. The Labute approximate surface area is 195 Å². The fourth-order valence-electron chi connectivity index (χ4n) is 2.50. The number of hydrogen-bond donors (Lipinski definition) is 4. The number of nitrogens with one attached hydrogen (secondary N) is 4. The van der Waals surface area contributed by atoms with Gasteiger partial charge in [0.05, 0.1) is 6.61 Å². The van der Waals surface area contributed by atoms with Crippen LogP contribution in [0.15, 0.2) is 5.11 Å². The number of unbranched alkanes of at least 4 members (excludes halogenated alkanes) is 1. The Kier molecular flexibility index (Phi) is 14.3. The molecule has 0 aromatic rings. The van der Waals surface area contributed by atoms with Crippen LogP contribution in [0.3, 0.4) is 0 Å². The van der Waals surface area contributed by atoms with Gasteiger partial charge in [-0.15, -0.1) is 0 Å². The first-order chi connectivity index (χ1) is 15.4. The molecule has 0 aliphatic heterocycles. The monoisotopic (exact) mass is 469 g/mol. The average Bonchev–Trinajstić information content (AvgIpc) is 2.72. The summed E-state index contributed by atoms with van der Waals surface area (Å²) in [7, 11) is 0. The van der Waals surface area contributed by atoms with Crippen LogP contribution in [0.1, 0.15) is 60.8 Å². The lowest BCUT2D eigenvalue weighted by atomic mass is 9.99. The van der Waals surface area contributed by atoms with E-state index in [9.17, 15) is 19.2 Å². The molecule has 4 N–H and O–H groups in total. The van der Waals surface area contributed by atoms with E-state index in [0.717, 1.165) is 0 Å². The number of amides is 4. The predicted octanol–water partition coefficient (Wildman–Crippen LogP) is 2.00. The highest BCUT2D eigenvalue weighted by atomic mass is 16.5. The molecule has 0 fully saturated rings. The molecule has 0 rings (SSSR count). The third-order valence-electron chi connectivity index (χ3n) is 4.32. The molecular weight excluding hydrogens is 430 g/mol. The smallest absolute Gasteiger partial charge is 0.407 e. The fourth-order valence-corrected chi connectivity index (χ4v) is 2.50. The number of alkyl carbamates (subject to hydrolysis) is 1. The summed E-state index contributed by atoms with van der Waals surface area (Å²) in [6.45, 7) is 11.9. The minimum absolute atomic E-state index is 0.139. The molecule has 0 spiro atoms. The van der Waals surface area contributed by atoms with E-state index in [1.165, 1.54) is 6.92 Å². The van der Waals surface area contributed by atoms with E-state index in [4.69, 9.17) is 10.3 Å². The van der Waals surface area contributed by atoms with Crippen molar-refractivity contribution in [3.8, 4) is 0 Å². The number of carbonyl (C=O) groups excluding carboxylic acids is 4. The van der Waals surface area contributed by atoms with Crippen LogP contribution in [0.25, 0.3) is 10.4 Å². The van der Waals surface area contributed by atoms with Crippen LogP contribution < -0.4 is 21.3 Å². The molecule has 2 atom stereocenters. The first-order valence-corrected chi connectivity index (χ1v) is 11.2. The summed E-state index contributed by atoms with van der Waals surface area (Å²) in [5.41, 5.74) is 8.10. The molecule has 0 saturated heterocycles. The Morgan fingerprint density at radius 2 is 1.61 bits per heavy atom. The molecule has 0 aliphatic rings. The van der Waals surface area contributed by atoms with Crippen LogP contribution >= 0.6 is 0 Å². The van der Waals surface area contributed by atoms with Gasteiger partial charge >= 0.3 is 6.09 Å². The maximum atomic E-state index is 12.6. The molecule has 0 aliphatic carbocycles. The van der Waals surface area contributed by atoms with Gasteiger partial charge in [-0.25, -0.2) is 4.79 Å². The largest absolute Gasteiger partial charge is 0.449 e. The normalized spacial score (nSPS) is 12.7. The first-order valence-electron chi connectivity index (χ1n) is 11.2. The molecule has 0 aromatic carbocycles. The molecule has 12 heteroatoms. The molecule has 0 unspecified atom stereocenters. The van der Waals surface area contributed by atoms with E-state index in [1.807, 2.05) is 20.8 Å². The molecule has 0 radical (unpaired) electrons. The Balaban J connectivity index is 4.38. The summed E-state index contributed by atoms with van der Waals surface area (Å²) >= 11 is 0. The lowest BCUT2D eigenvalue weighted by Gasteiger charge is -2.24. The molecule has 4 amide bonds. The van der Waals surface area contributed by atoms with Gasteiger partial charge in [0.25, 0.3) is 0 Å². The molecule has 12 nitrogen and oxygen atoms in total. The predicted molar refractivity (Wildman–Crippen MR) is 124 cm³/mol. The topological polar surface area (TPSA) is 174 Å². The Bertz CT molecular complexity index is 700. The third kappa shape index (κ3) is 15.4. The van der Waals surface area contributed by atoms with Crippen LogP contribution in [-0.4, -0.2) is 62.1 Å². The fraction of sp³-hybridized carbons (Fsp3) is 0.810. The highest BCUT2D eigenvalue weighted by Crippen LogP contribution is 2.12. The molecule has 0 heterocycles. The van der Waals surface area contributed by atoms with Crippen molar-refractivity contribution >= 4 is 23.8 Å². The molecule has 188 valence electrons. The van der Waals surface area contributed by atoms with Gasteiger partial charge in [0.1, 0.15) is 12.1 Å². The number of carbonyl (C=O) groups is 4. The second-order valence-corrected chi connectivity index (χ2v) is 9.29. The van der Waals surface area contributed by atoms with Crippen molar-refractivity contribution in [2.45, 2.75) is 72.9 Å². The summed E-state index contributed by atoms with van der Waals surface area (Å²) in [6.07, 6.45) is 0.761. The zero-order valence-electron chi connectivity index (χ0n) is 20.6. The van der Waals surface area contributed by atoms with Crippen molar-refractivity contribution in [1.29, 1.82) is 0 Å². The van der Waals surface area contributed by atoms with Crippen molar-refractivity contribution in [3.63, 3.8) is 0 Å². The van der Waals surface area contributed by atoms with E-state index >= 15 is 0 Å². The summed E-state index contributed by atoms with van der Waals surface area (Å²) < 4.78 is 5.06. The highest BCUT2D eigenvalue weighted by Gasteiger charge is 2.26. The van der Waals surface area contributed by atoms with Crippen LogP contribution in [0.4, 0.5) is 4.79 Å². The lowest BCUT2D eigenvalue weighted by molar-refractivity contribution is -0.132. The zero-order valence-corrected chi connectivity index (χ0v) is 20.6. The minimum Gasteiger partial charge on any atom is -0.449 e. The average molecular weight is 470 g/mol. The number of rotatable bonds is 14. The standard InChI is InChI=1S/C21H39N7O5/c1-14(2)17(27-16(29)9-7-8-10-25-28-22)19(31)26-15(3)18(30)23-11-12-24-20(32)33-13-21(4,5)6/h14-15,17H,7-13H2,1-6H3,(H,23,30)(H,24,32)(H,26,31)(H,27,29)/t15-,17-/m0/s1. The van der Waals surface area contributed by atoms with Gasteiger partial charge in [0.2, 0.25) is 17.7 Å². The van der Waals surface area contributed by atoms with Gasteiger partial charge in [-0.3, -0.25) is 14.4 Å². The maximum Gasteiger partial charge on any atom is 0.407 e. The van der Waals surface area contributed by atoms with Crippen LogP contribution in [-0.2, 0) is 19.1 Å². The Hall–Kier alpha value is -3.01. The van der Waals surface area contributed by atoms with Gasteiger partial charge in [-0.05, 0) is 36.6 Å². The van der Waals surface area contributed by atoms with E-state index in [0.29, 0.717) is 19.4 Å². The van der Waals surface area contributed by atoms with Crippen LogP contribution in [0.5, 0.6) is 0 Å². The molecule has 0 aromatic heterocycles. The maximum absolute atomic E-state index is 12.6. The summed E-state index contributed by atoms with van der Waals surface area (Å²) in [4.78, 5) is 51.2. The number of ether oxygens (including phenoxy) is 1. The second kappa shape index (κ2) is 15.7. The Morgan fingerprint density at radius 3 is 2.18 bits per heavy atom. The van der Waals surface area contributed by atoms with Crippen molar-refractivity contribution in [3.05, 3.63) is 10.4 Å². The molecular formula is C21H39N7O5. The quantitative estimate of drug-likeness (QED) is 0.131. The summed E-state index contributed by atoms with van der Waals surface area (Å²) in [5, 5.41) is 13.9. The lowest BCUT2D eigenvalue weighted by Crippen LogP contribution is -2.54. The van der Waals surface area contributed by atoms with E-state index < -0.39 is 30.0 Å². The molecule has 0 saturated carbocycles. The van der Waals surface area contributed by atoms with Gasteiger partial charge in [-0.1, -0.05) is 39.7 Å².